The Balaban J connectivity index is 1.96. The molecule has 0 spiro atoms. The van der Waals surface area contributed by atoms with Crippen molar-refractivity contribution in [1.82, 2.24) is 5.32 Å². The Morgan fingerprint density at radius 2 is 1.62 bits per heavy atom. The van der Waals surface area contributed by atoms with Gasteiger partial charge in [-0.05, 0) is 48.2 Å². The number of anilines is 1. The molecule has 2 rings (SSSR count). The summed E-state index contributed by atoms with van der Waals surface area (Å²) in [4.78, 5) is 12.2. The minimum atomic E-state index is -3.56. The van der Waals surface area contributed by atoms with Crippen LogP contribution in [0.4, 0.5) is 5.69 Å². The lowest BCUT2D eigenvalue weighted by atomic mass is 10.1. The average molecular weight is 395 g/mol. The number of amides is 1. The molecule has 0 aliphatic rings. The van der Waals surface area contributed by atoms with Crippen molar-refractivity contribution in [2.24, 2.45) is 0 Å². The van der Waals surface area contributed by atoms with Crippen LogP contribution >= 0.6 is 11.6 Å². The summed E-state index contributed by atoms with van der Waals surface area (Å²) < 4.78 is 25.3. The zero-order valence-corrected chi connectivity index (χ0v) is 16.5. The molecule has 0 saturated heterocycles. The third kappa shape index (κ3) is 6.04. The van der Waals surface area contributed by atoms with Gasteiger partial charge in [-0.1, -0.05) is 42.8 Å². The molecule has 0 aliphatic carbocycles. The molecule has 26 heavy (non-hydrogen) atoms. The molecular formula is C19H23ClN2O3S. The van der Waals surface area contributed by atoms with Gasteiger partial charge in [-0.25, -0.2) is 8.42 Å². The van der Waals surface area contributed by atoms with Crippen molar-refractivity contribution in [2.45, 2.75) is 19.8 Å². The van der Waals surface area contributed by atoms with E-state index >= 15 is 0 Å². The van der Waals surface area contributed by atoms with Gasteiger partial charge < -0.3 is 5.32 Å². The van der Waals surface area contributed by atoms with E-state index < -0.39 is 10.0 Å². The molecule has 2 aromatic rings. The van der Waals surface area contributed by atoms with Crippen molar-refractivity contribution in [3.63, 3.8) is 0 Å². The molecule has 0 fully saturated rings. The minimum Gasteiger partial charge on any atom is -0.354 e. The predicted octanol–water partition coefficient (Wildman–Crippen LogP) is 3.03. The van der Waals surface area contributed by atoms with E-state index in [4.69, 9.17) is 11.6 Å². The highest BCUT2D eigenvalue weighted by Gasteiger charge is 2.20. The van der Waals surface area contributed by atoms with E-state index in [0.717, 1.165) is 28.1 Å². The van der Waals surface area contributed by atoms with E-state index in [9.17, 15) is 13.2 Å². The number of sulfonamides is 1. The third-order valence-corrected chi connectivity index (χ3v) is 5.36. The molecule has 0 unspecified atom stereocenters. The van der Waals surface area contributed by atoms with Gasteiger partial charge in [-0.15, -0.1) is 0 Å². The Hall–Kier alpha value is -2.05. The molecule has 0 aliphatic heterocycles. The van der Waals surface area contributed by atoms with Crippen LogP contribution in [0.1, 0.15) is 18.1 Å². The lowest BCUT2D eigenvalue weighted by Crippen LogP contribution is -2.40. The number of hydrogen-bond donors (Lipinski definition) is 1. The monoisotopic (exact) mass is 394 g/mol. The molecule has 140 valence electrons. The molecule has 5 nitrogen and oxygen atoms in total. The molecule has 0 aromatic heterocycles. The summed E-state index contributed by atoms with van der Waals surface area (Å²) in [6, 6.07) is 14.6. The van der Waals surface area contributed by atoms with Crippen LogP contribution in [0.3, 0.4) is 0 Å². The first-order valence-electron chi connectivity index (χ1n) is 8.37. The fraction of sp³-hybridized carbons (Fsp3) is 0.316. The lowest BCUT2D eigenvalue weighted by Gasteiger charge is -2.22. The van der Waals surface area contributed by atoms with Gasteiger partial charge in [0.25, 0.3) is 0 Å². The highest BCUT2D eigenvalue weighted by Crippen LogP contribution is 2.18. The lowest BCUT2D eigenvalue weighted by molar-refractivity contribution is -0.119. The van der Waals surface area contributed by atoms with E-state index in [1.807, 2.05) is 31.2 Å². The number of rotatable bonds is 8. The SMILES string of the molecule is CCc1ccc(N(CC(=O)NCCc2ccc(Cl)cc2)S(C)(=O)=O)cc1. The zero-order valence-electron chi connectivity index (χ0n) is 14.9. The second kappa shape index (κ2) is 9.05. The van der Waals surface area contributed by atoms with Gasteiger partial charge in [-0.2, -0.15) is 0 Å². The van der Waals surface area contributed by atoms with E-state index in [0.29, 0.717) is 23.7 Å². The molecule has 0 bridgehead atoms. The molecule has 1 amide bonds. The van der Waals surface area contributed by atoms with E-state index in [1.54, 1.807) is 24.3 Å². The van der Waals surface area contributed by atoms with Gasteiger partial charge in [0.05, 0.1) is 11.9 Å². The summed E-state index contributed by atoms with van der Waals surface area (Å²) in [5.41, 5.74) is 2.64. The fourth-order valence-electron chi connectivity index (χ4n) is 2.48. The third-order valence-electron chi connectivity index (χ3n) is 3.97. The van der Waals surface area contributed by atoms with E-state index in [1.165, 1.54) is 0 Å². The average Bonchev–Trinajstić information content (AvgIpc) is 2.60. The molecular weight excluding hydrogens is 372 g/mol. The van der Waals surface area contributed by atoms with Crippen molar-refractivity contribution < 1.29 is 13.2 Å². The van der Waals surface area contributed by atoms with Crippen LogP contribution in [0.15, 0.2) is 48.5 Å². The van der Waals surface area contributed by atoms with Crippen molar-refractivity contribution in [3.8, 4) is 0 Å². The molecule has 7 heteroatoms. The number of hydrogen-bond acceptors (Lipinski definition) is 3. The Morgan fingerprint density at radius 1 is 1.04 bits per heavy atom. The largest absolute Gasteiger partial charge is 0.354 e. The number of carbonyl (C=O) groups is 1. The highest BCUT2D eigenvalue weighted by atomic mass is 35.5. The fourth-order valence-corrected chi connectivity index (χ4v) is 3.46. The first kappa shape index (κ1) is 20.3. The van der Waals surface area contributed by atoms with Gasteiger partial charge in [0.1, 0.15) is 6.54 Å². The summed E-state index contributed by atoms with van der Waals surface area (Å²) in [5.74, 6) is -0.344. The smallest absolute Gasteiger partial charge is 0.240 e. The van der Waals surface area contributed by atoms with Gasteiger partial charge in [0.2, 0.25) is 15.9 Å². The number of nitrogens with one attached hydrogen (secondary N) is 1. The second-order valence-corrected chi connectivity index (χ2v) is 8.36. The molecule has 0 radical (unpaired) electrons. The van der Waals surface area contributed by atoms with E-state index in [-0.39, 0.29) is 12.5 Å². The Morgan fingerprint density at radius 3 is 2.15 bits per heavy atom. The van der Waals surface area contributed by atoms with Gasteiger partial charge >= 0.3 is 0 Å². The molecule has 0 heterocycles. The van der Waals surface area contributed by atoms with Crippen LogP contribution in [-0.4, -0.2) is 33.7 Å². The highest BCUT2D eigenvalue weighted by molar-refractivity contribution is 7.92. The van der Waals surface area contributed by atoms with Crippen LogP contribution < -0.4 is 9.62 Å². The van der Waals surface area contributed by atoms with Crippen LogP contribution in [-0.2, 0) is 27.7 Å². The summed E-state index contributed by atoms with van der Waals surface area (Å²) in [7, 11) is -3.56. The van der Waals surface area contributed by atoms with Crippen molar-refractivity contribution >= 4 is 33.2 Å². The summed E-state index contributed by atoms with van der Waals surface area (Å²) in [6.45, 7) is 2.20. The minimum absolute atomic E-state index is 0.245. The number of halogens is 1. The maximum Gasteiger partial charge on any atom is 0.240 e. The molecule has 0 atom stereocenters. The number of aryl methyl sites for hydroxylation is 1. The Bertz CT molecular complexity index is 834. The molecule has 2 aromatic carbocycles. The normalized spacial score (nSPS) is 11.2. The van der Waals surface area contributed by atoms with Gasteiger partial charge in [0, 0.05) is 11.6 Å². The maximum atomic E-state index is 12.2. The predicted molar refractivity (Wildman–Crippen MR) is 106 cm³/mol. The van der Waals surface area contributed by atoms with Gasteiger partial charge in [-0.3, -0.25) is 9.10 Å². The number of benzene rings is 2. The van der Waals surface area contributed by atoms with Crippen molar-refractivity contribution in [2.75, 3.05) is 23.7 Å². The molecule has 0 saturated carbocycles. The Kier molecular flexibility index (Phi) is 7.06. The summed E-state index contributed by atoms with van der Waals surface area (Å²) in [6.07, 6.45) is 2.61. The number of carbonyl (C=O) groups excluding carboxylic acids is 1. The molecule has 1 N–H and O–H groups in total. The second-order valence-electron chi connectivity index (χ2n) is 6.02. The van der Waals surface area contributed by atoms with Crippen molar-refractivity contribution in [1.29, 1.82) is 0 Å². The quantitative estimate of drug-likeness (QED) is 0.748. The standard InChI is InChI=1S/C19H23ClN2O3S/c1-3-15-6-10-18(11-7-15)22(26(2,24)25)14-19(23)21-13-12-16-4-8-17(20)9-5-16/h4-11H,3,12-14H2,1-2H3,(H,21,23). The van der Waals surface area contributed by atoms with Crippen LogP contribution in [0.2, 0.25) is 5.02 Å². The van der Waals surface area contributed by atoms with Crippen molar-refractivity contribution in [3.05, 3.63) is 64.7 Å². The zero-order chi connectivity index (χ0) is 19.2. The Labute approximate surface area is 160 Å². The van der Waals surface area contributed by atoms with E-state index in [2.05, 4.69) is 5.32 Å². The first-order chi connectivity index (χ1) is 12.3. The number of nitrogens with zero attached hydrogens (tertiary/aromatic N) is 1. The van der Waals surface area contributed by atoms with Gasteiger partial charge in [0.15, 0.2) is 0 Å². The summed E-state index contributed by atoms with van der Waals surface area (Å²) >= 11 is 5.84. The summed E-state index contributed by atoms with van der Waals surface area (Å²) in [5, 5.41) is 3.43. The maximum absolute atomic E-state index is 12.2. The van der Waals surface area contributed by atoms with Crippen LogP contribution in [0, 0.1) is 0 Å². The topological polar surface area (TPSA) is 66.5 Å². The first-order valence-corrected chi connectivity index (χ1v) is 10.6. The van der Waals surface area contributed by atoms with Crippen LogP contribution in [0.5, 0.6) is 0 Å². The van der Waals surface area contributed by atoms with Crippen LogP contribution in [0.25, 0.3) is 0 Å².